The van der Waals surface area contributed by atoms with Gasteiger partial charge in [-0.3, -0.25) is 4.79 Å². The molecule has 0 saturated carbocycles. The average Bonchev–Trinajstić information content (AvgIpc) is 3.30. The first-order chi connectivity index (χ1) is 16.1. The lowest BCUT2D eigenvalue weighted by Gasteiger charge is -2.11. The molecule has 0 aliphatic heterocycles. The van der Waals surface area contributed by atoms with Gasteiger partial charge in [0.2, 0.25) is 5.89 Å². The third-order valence-corrected chi connectivity index (χ3v) is 4.66. The van der Waals surface area contributed by atoms with Gasteiger partial charge in [0.25, 0.3) is 17.7 Å². The number of benzene rings is 1. The van der Waals surface area contributed by atoms with E-state index in [-0.39, 0.29) is 41.0 Å². The first-order valence-corrected chi connectivity index (χ1v) is 10.4. The summed E-state index contributed by atoms with van der Waals surface area (Å²) in [7, 11) is 1.72. The van der Waals surface area contributed by atoms with Crippen molar-refractivity contribution in [3.8, 4) is 11.4 Å². The molecule has 0 aliphatic carbocycles. The summed E-state index contributed by atoms with van der Waals surface area (Å²) in [5.74, 6) is -0.445. The number of nitrogens with one attached hydrogen (secondary N) is 2. The predicted octanol–water partition coefficient (Wildman–Crippen LogP) is 2.32. The second-order valence-corrected chi connectivity index (χ2v) is 8.33. The Bertz CT molecular complexity index is 1250. The van der Waals surface area contributed by atoms with Crippen molar-refractivity contribution >= 4 is 17.7 Å². The number of amidine groups is 1. The third kappa shape index (κ3) is 5.77. The van der Waals surface area contributed by atoms with Crippen LogP contribution < -0.4 is 16.4 Å². The molecule has 1 amide bonds. The molecule has 12 heteroatoms. The Morgan fingerprint density at radius 1 is 1.26 bits per heavy atom. The van der Waals surface area contributed by atoms with Crippen LogP contribution >= 0.6 is 0 Å². The Morgan fingerprint density at radius 2 is 2.03 bits per heavy atom. The second kappa shape index (κ2) is 10.1. The summed E-state index contributed by atoms with van der Waals surface area (Å²) >= 11 is 0. The van der Waals surface area contributed by atoms with E-state index >= 15 is 4.39 Å². The fourth-order valence-corrected chi connectivity index (χ4v) is 2.76. The minimum Gasteiger partial charge on any atom is -0.394 e. The maximum Gasteiger partial charge on any atom is 0.292 e. The fourth-order valence-electron chi connectivity index (χ4n) is 2.76. The lowest BCUT2D eigenvalue weighted by Crippen LogP contribution is -2.25. The van der Waals surface area contributed by atoms with Gasteiger partial charge in [0.1, 0.15) is 18.0 Å². The van der Waals surface area contributed by atoms with Gasteiger partial charge in [-0.05, 0) is 36.4 Å². The van der Waals surface area contributed by atoms with E-state index in [0.717, 1.165) is 0 Å². The van der Waals surface area contributed by atoms with Crippen LogP contribution in [0.5, 0.6) is 0 Å². The maximum atomic E-state index is 15.2. The van der Waals surface area contributed by atoms with Gasteiger partial charge in [0, 0.05) is 19.0 Å². The molecule has 178 valence electrons. The number of halogens is 1. The molecular weight excluding hydrogens is 441 g/mol. The van der Waals surface area contributed by atoms with Crippen LogP contribution in [-0.2, 0) is 12.0 Å². The van der Waals surface area contributed by atoms with Gasteiger partial charge >= 0.3 is 0 Å². The number of hydrogen-bond acceptors (Lipinski definition) is 9. The molecule has 3 rings (SSSR count). The first-order valence-electron chi connectivity index (χ1n) is 10.4. The molecule has 0 aliphatic rings. The number of carbonyl (C=O) groups is 1. The summed E-state index contributed by atoms with van der Waals surface area (Å²) in [4.78, 5) is 32.7. The summed E-state index contributed by atoms with van der Waals surface area (Å²) in [6.07, 6.45) is 4.37. The molecule has 0 bridgehead atoms. The topological polar surface area (TPSA) is 157 Å². The number of carbonyl (C=O) groups excluding carboxylic acids is 1. The average molecular weight is 468 g/mol. The van der Waals surface area contributed by atoms with Gasteiger partial charge in [-0.2, -0.15) is 19.9 Å². The molecular formula is C22H26FN9O2. The van der Waals surface area contributed by atoms with Crippen LogP contribution in [0.4, 0.5) is 10.3 Å². The van der Waals surface area contributed by atoms with Crippen molar-refractivity contribution in [2.24, 2.45) is 10.7 Å². The minimum absolute atomic E-state index is 0.0476. The van der Waals surface area contributed by atoms with E-state index in [2.05, 4.69) is 40.7 Å². The van der Waals surface area contributed by atoms with Crippen molar-refractivity contribution in [2.45, 2.75) is 39.7 Å². The zero-order valence-corrected chi connectivity index (χ0v) is 19.5. The molecule has 0 spiro atoms. The van der Waals surface area contributed by atoms with Crippen LogP contribution in [0.2, 0.25) is 0 Å². The number of amides is 1. The molecule has 0 radical (unpaired) electrons. The Kier molecular flexibility index (Phi) is 7.29. The summed E-state index contributed by atoms with van der Waals surface area (Å²) in [5.41, 5.74) is 6.48. The molecule has 0 unspecified atom stereocenters. The van der Waals surface area contributed by atoms with Crippen LogP contribution in [-0.4, -0.2) is 43.9 Å². The summed E-state index contributed by atoms with van der Waals surface area (Å²) in [5, 5.41) is 9.18. The van der Waals surface area contributed by atoms with Gasteiger partial charge in [-0.15, -0.1) is 0 Å². The van der Waals surface area contributed by atoms with Gasteiger partial charge in [0.15, 0.2) is 5.82 Å². The van der Waals surface area contributed by atoms with Gasteiger partial charge in [-0.1, -0.05) is 32.0 Å². The molecule has 0 saturated heterocycles. The normalized spacial score (nSPS) is 12.2. The molecule has 0 atom stereocenters. The highest BCUT2D eigenvalue weighted by molar-refractivity contribution is 5.92. The number of nitrogens with zero attached hydrogens (tertiary/aromatic N) is 6. The van der Waals surface area contributed by atoms with Crippen molar-refractivity contribution in [2.75, 3.05) is 7.05 Å². The highest BCUT2D eigenvalue weighted by Gasteiger charge is 2.24. The van der Waals surface area contributed by atoms with E-state index in [9.17, 15) is 4.79 Å². The number of aromatic nitrogens is 5. The largest absolute Gasteiger partial charge is 0.394 e. The minimum atomic E-state index is -0.523. The Labute approximate surface area is 195 Å². The Hall–Kier alpha value is -4.22. The molecule has 2 aromatic heterocycles. The predicted molar refractivity (Wildman–Crippen MR) is 124 cm³/mol. The Balaban J connectivity index is 1.77. The van der Waals surface area contributed by atoms with Crippen molar-refractivity contribution in [3.05, 3.63) is 59.4 Å². The van der Waals surface area contributed by atoms with Crippen molar-refractivity contribution < 1.29 is 13.7 Å². The summed E-state index contributed by atoms with van der Waals surface area (Å²) in [6.45, 7) is 7.37. The number of aliphatic imine (C=N–C) groups is 1. The van der Waals surface area contributed by atoms with Crippen molar-refractivity contribution in [3.63, 3.8) is 0 Å². The molecule has 3 aromatic rings. The lowest BCUT2D eigenvalue weighted by atomic mass is 9.97. The zero-order valence-electron chi connectivity index (χ0n) is 19.5. The van der Waals surface area contributed by atoms with Crippen LogP contribution in [0, 0.1) is 12.7 Å². The van der Waals surface area contributed by atoms with Crippen LogP contribution in [0.15, 0.2) is 40.3 Å². The molecule has 11 nitrogen and oxygen atoms in total. The summed E-state index contributed by atoms with van der Waals surface area (Å²) in [6, 6.07) is 3.21. The maximum absolute atomic E-state index is 15.2. The van der Waals surface area contributed by atoms with E-state index < -0.39 is 11.7 Å². The van der Waals surface area contributed by atoms with Crippen LogP contribution in [0.1, 0.15) is 48.4 Å². The zero-order chi connectivity index (χ0) is 24.9. The molecule has 2 heterocycles. The highest BCUT2D eigenvalue weighted by Crippen LogP contribution is 2.25. The molecule has 4 N–H and O–H groups in total. The molecule has 34 heavy (non-hydrogen) atoms. The van der Waals surface area contributed by atoms with Gasteiger partial charge < -0.3 is 20.9 Å². The van der Waals surface area contributed by atoms with Crippen LogP contribution in [0.25, 0.3) is 11.4 Å². The second-order valence-electron chi connectivity index (χ2n) is 8.33. The SMILES string of the molecule is CN/C=C\C(N)=Nc1ncnc(-c2ccc(CNC(=O)c3noc(C(C)(C)C)n3)c(C)c2F)n1. The summed E-state index contributed by atoms with van der Waals surface area (Å²) < 4.78 is 20.3. The number of hydrogen-bond donors (Lipinski definition) is 3. The number of nitrogens with two attached hydrogens (primary N) is 1. The van der Waals surface area contributed by atoms with Crippen molar-refractivity contribution in [1.29, 1.82) is 0 Å². The van der Waals surface area contributed by atoms with Crippen LogP contribution in [0.3, 0.4) is 0 Å². The van der Waals surface area contributed by atoms with Crippen molar-refractivity contribution in [1.82, 2.24) is 35.7 Å². The third-order valence-electron chi connectivity index (χ3n) is 4.66. The van der Waals surface area contributed by atoms with E-state index in [1.54, 1.807) is 26.2 Å². The first kappa shape index (κ1) is 24.4. The standard InChI is InChI=1S/C22H26FN9O2/c1-12-13(10-26-19(33)18-30-20(34-32-18)22(2,3)4)6-7-14(16(12)23)17-27-11-28-21(31-17)29-15(24)8-9-25-5/h6-9,11,25H,10H2,1-5H3,(H,26,33)(H2,24,27,28,29,31)/b9-8-. The lowest BCUT2D eigenvalue weighted by molar-refractivity contribution is 0.0937. The Morgan fingerprint density at radius 3 is 2.71 bits per heavy atom. The van der Waals surface area contributed by atoms with Gasteiger partial charge in [0.05, 0.1) is 5.56 Å². The fraction of sp³-hybridized carbons (Fsp3) is 0.318. The highest BCUT2D eigenvalue weighted by atomic mass is 19.1. The smallest absolute Gasteiger partial charge is 0.292 e. The van der Waals surface area contributed by atoms with E-state index in [1.807, 2.05) is 20.8 Å². The van der Waals surface area contributed by atoms with E-state index in [1.165, 1.54) is 18.5 Å². The van der Waals surface area contributed by atoms with E-state index in [0.29, 0.717) is 17.0 Å². The van der Waals surface area contributed by atoms with Gasteiger partial charge in [-0.25, -0.2) is 9.37 Å². The number of rotatable bonds is 7. The molecule has 0 fully saturated rings. The monoisotopic (exact) mass is 467 g/mol. The van der Waals surface area contributed by atoms with E-state index in [4.69, 9.17) is 10.3 Å². The quantitative estimate of drug-likeness (QED) is 0.350. The molecule has 1 aromatic carbocycles.